The highest BCUT2D eigenvalue weighted by Gasteiger charge is 2.60. The average Bonchev–Trinajstić information content (AvgIpc) is 2.92. The number of likely N-dealkylation sites (tertiary alicyclic amines) is 1. The summed E-state index contributed by atoms with van der Waals surface area (Å²) in [5, 5.41) is 5.39. The van der Waals surface area contributed by atoms with E-state index in [1.54, 1.807) is 6.07 Å². The number of hydrogen-bond acceptors (Lipinski definition) is 6. The van der Waals surface area contributed by atoms with Crippen LogP contribution in [0.4, 0.5) is 0 Å². The normalized spacial score (nSPS) is 24.5. The third-order valence-electron chi connectivity index (χ3n) is 8.42. The van der Waals surface area contributed by atoms with Gasteiger partial charge >= 0.3 is 11.9 Å². The molecule has 3 aromatic carbocycles. The number of amides is 1. The number of carbonyl (C=O) groups excluding carboxylic acids is 3. The molecule has 208 valence electrons. The van der Waals surface area contributed by atoms with Gasteiger partial charge in [-0.3, -0.25) is 19.3 Å². The number of hydrogen-bond donors (Lipinski definition) is 1. The molecule has 3 aromatic rings. The maximum atomic E-state index is 13.5. The van der Waals surface area contributed by atoms with Gasteiger partial charge in [0.25, 0.3) is 5.91 Å². The summed E-state index contributed by atoms with van der Waals surface area (Å²) in [7, 11) is 0. The average molecular weight is 541 g/mol. The third kappa shape index (κ3) is 5.39. The molecule has 1 amide bonds. The second-order valence-electron chi connectivity index (χ2n) is 11.0. The Bertz CT molecular complexity index is 1450. The summed E-state index contributed by atoms with van der Waals surface area (Å²) in [6, 6.07) is 21.1. The van der Waals surface area contributed by atoms with E-state index < -0.39 is 17.0 Å². The van der Waals surface area contributed by atoms with Crippen LogP contribution in [0.1, 0.15) is 55.5 Å². The Morgan fingerprint density at radius 3 is 2.55 bits per heavy atom. The smallest absolute Gasteiger partial charge is 0.308 e. The number of nitrogens with one attached hydrogen (secondary N) is 1. The van der Waals surface area contributed by atoms with Crippen LogP contribution >= 0.6 is 0 Å². The highest BCUT2D eigenvalue weighted by atomic mass is 16.6. The van der Waals surface area contributed by atoms with Gasteiger partial charge in [-0.05, 0) is 72.8 Å². The number of esters is 2. The number of fused-ring (bicyclic) bond motifs is 2. The predicted molar refractivity (Wildman–Crippen MR) is 154 cm³/mol. The van der Waals surface area contributed by atoms with Gasteiger partial charge in [0.15, 0.2) is 0 Å². The molecule has 1 aliphatic heterocycles. The van der Waals surface area contributed by atoms with Gasteiger partial charge < -0.3 is 14.8 Å². The fraction of sp³-hybridized carbons (Fsp3) is 0.364. The van der Waals surface area contributed by atoms with E-state index in [2.05, 4.69) is 16.8 Å². The topological polar surface area (TPSA) is 84.9 Å². The SMILES string of the molecule is C=CCN1CCC2(c3cccc(OC(C)=O)c3)CC(NC(=O)c3ccc4ccccc4c3)CCC2(OC(C)=O)C1. The summed E-state index contributed by atoms with van der Waals surface area (Å²) < 4.78 is 11.7. The maximum Gasteiger partial charge on any atom is 0.308 e. The predicted octanol–water partition coefficient (Wildman–Crippen LogP) is 5.18. The van der Waals surface area contributed by atoms with Crippen LogP contribution in [0.2, 0.25) is 0 Å². The first-order valence-electron chi connectivity index (χ1n) is 13.9. The molecule has 0 radical (unpaired) electrons. The minimum absolute atomic E-state index is 0.122. The van der Waals surface area contributed by atoms with E-state index in [-0.39, 0.29) is 17.9 Å². The molecule has 0 aromatic heterocycles. The summed E-state index contributed by atoms with van der Waals surface area (Å²) in [6.45, 7) is 8.76. The van der Waals surface area contributed by atoms with Crippen molar-refractivity contribution in [3.05, 3.63) is 90.5 Å². The van der Waals surface area contributed by atoms with Gasteiger partial charge in [0.2, 0.25) is 0 Å². The monoisotopic (exact) mass is 540 g/mol. The van der Waals surface area contributed by atoms with E-state index in [1.807, 2.05) is 66.7 Å². The molecule has 3 unspecified atom stereocenters. The third-order valence-corrected chi connectivity index (χ3v) is 8.42. The quantitative estimate of drug-likeness (QED) is 0.253. The van der Waals surface area contributed by atoms with Gasteiger partial charge in [-0.2, -0.15) is 0 Å². The zero-order valence-corrected chi connectivity index (χ0v) is 23.2. The van der Waals surface area contributed by atoms with Gasteiger partial charge in [0, 0.05) is 44.0 Å². The van der Waals surface area contributed by atoms with Crippen molar-refractivity contribution in [3.8, 4) is 5.75 Å². The fourth-order valence-electron chi connectivity index (χ4n) is 6.77. The van der Waals surface area contributed by atoms with Crippen LogP contribution in [0.3, 0.4) is 0 Å². The molecule has 5 rings (SSSR count). The minimum Gasteiger partial charge on any atom is -0.457 e. The number of rotatable bonds is 7. The van der Waals surface area contributed by atoms with Crippen LogP contribution in [-0.4, -0.2) is 54.0 Å². The molecule has 1 heterocycles. The lowest BCUT2D eigenvalue weighted by atomic mass is 9.55. The molecular weight excluding hydrogens is 504 g/mol. The molecule has 2 aliphatic rings. The summed E-state index contributed by atoms with van der Waals surface area (Å²) in [5.74, 6) is -0.402. The summed E-state index contributed by atoms with van der Waals surface area (Å²) in [6.07, 6.45) is 4.41. The van der Waals surface area contributed by atoms with Crippen molar-refractivity contribution in [2.75, 3.05) is 19.6 Å². The van der Waals surface area contributed by atoms with Crippen molar-refractivity contribution in [3.63, 3.8) is 0 Å². The van der Waals surface area contributed by atoms with Crippen LogP contribution in [0, 0.1) is 0 Å². The molecule has 0 bridgehead atoms. The fourth-order valence-corrected chi connectivity index (χ4v) is 6.77. The molecule has 1 N–H and O–H groups in total. The zero-order valence-electron chi connectivity index (χ0n) is 23.2. The molecule has 1 saturated heterocycles. The van der Waals surface area contributed by atoms with Gasteiger partial charge in [-0.25, -0.2) is 0 Å². The van der Waals surface area contributed by atoms with Crippen molar-refractivity contribution in [1.82, 2.24) is 10.2 Å². The molecule has 1 saturated carbocycles. The summed E-state index contributed by atoms with van der Waals surface area (Å²) in [4.78, 5) is 40.0. The molecular formula is C33H36N2O5. The highest BCUT2D eigenvalue weighted by molar-refractivity contribution is 5.98. The first kappa shape index (κ1) is 27.6. The second-order valence-corrected chi connectivity index (χ2v) is 11.0. The van der Waals surface area contributed by atoms with Gasteiger partial charge in [0.1, 0.15) is 11.4 Å². The Morgan fingerprint density at radius 1 is 1.00 bits per heavy atom. The summed E-state index contributed by atoms with van der Waals surface area (Å²) in [5.41, 5.74) is 0.156. The Kier molecular flexibility index (Phi) is 7.76. The van der Waals surface area contributed by atoms with Crippen molar-refractivity contribution in [2.24, 2.45) is 0 Å². The number of ether oxygens (including phenoxy) is 2. The van der Waals surface area contributed by atoms with E-state index in [1.165, 1.54) is 13.8 Å². The lowest BCUT2D eigenvalue weighted by molar-refractivity contribution is -0.186. The van der Waals surface area contributed by atoms with Crippen LogP contribution in [-0.2, 0) is 19.7 Å². The number of nitrogens with zero attached hydrogens (tertiary/aromatic N) is 1. The Morgan fingerprint density at radius 2 is 1.80 bits per heavy atom. The van der Waals surface area contributed by atoms with Gasteiger partial charge in [0.05, 0.1) is 0 Å². The first-order chi connectivity index (χ1) is 19.2. The molecule has 7 nitrogen and oxygen atoms in total. The molecule has 2 fully saturated rings. The minimum atomic E-state index is -0.806. The molecule has 0 spiro atoms. The van der Waals surface area contributed by atoms with E-state index in [0.717, 1.165) is 22.9 Å². The number of piperidine rings is 1. The lowest BCUT2D eigenvalue weighted by Crippen LogP contribution is -2.68. The second kappa shape index (κ2) is 11.3. The summed E-state index contributed by atoms with van der Waals surface area (Å²) >= 11 is 0. The van der Waals surface area contributed by atoms with Crippen molar-refractivity contribution in [2.45, 2.75) is 56.6 Å². The van der Waals surface area contributed by atoms with Crippen LogP contribution in [0.25, 0.3) is 10.8 Å². The maximum absolute atomic E-state index is 13.5. The molecule has 7 heteroatoms. The van der Waals surface area contributed by atoms with Crippen LogP contribution in [0.15, 0.2) is 79.4 Å². The van der Waals surface area contributed by atoms with E-state index >= 15 is 0 Å². The Hall–Kier alpha value is -3.97. The largest absolute Gasteiger partial charge is 0.457 e. The number of carbonyl (C=O) groups is 3. The standard InChI is InChI=1S/C33H36N2O5/c1-4-17-35-18-16-32(28-10-7-11-30(20-28)39-23(2)36)21-29(14-15-33(32,22-35)40-24(3)37)34-31(38)27-13-12-25-8-5-6-9-26(25)19-27/h4-13,19-20,29H,1,14-18,21-22H2,2-3H3,(H,34,38). The first-order valence-corrected chi connectivity index (χ1v) is 13.9. The van der Waals surface area contributed by atoms with Crippen molar-refractivity contribution < 1.29 is 23.9 Å². The van der Waals surface area contributed by atoms with Crippen molar-refractivity contribution >= 4 is 28.6 Å². The lowest BCUT2D eigenvalue weighted by Gasteiger charge is -2.59. The van der Waals surface area contributed by atoms with Gasteiger partial charge in [-0.15, -0.1) is 6.58 Å². The molecule has 40 heavy (non-hydrogen) atoms. The number of benzene rings is 3. The zero-order chi connectivity index (χ0) is 28.3. The van der Waals surface area contributed by atoms with Crippen LogP contribution < -0.4 is 10.1 Å². The van der Waals surface area contributed by atoms with E-state index in [9.17, 15) is 14.4 Å². The highest BCUT2D eigenvalue weighted by Crippen LogP contribution is 2.54. The Balaban J connectivity index is 1.51. The van der Waals surface area contributed by atoms with Crippen LogP contribution in [0.5, 0.6) is 5.75 Å². The van der Waals surface area contributed by atoms with Crippen molar-refractivity contribution in [1.29, 1.82) is 0 Å². The van der Waals surface area contributed by atoms with Gasteiger partial charge in [-0.1, -0.05) is 48.5 Å². The molecule has 3 atom stereocenters. The molecule has 1 aliphatic carbocycles. The van der Waals surface area contributed by atoms with E-state index in [4.69, 9.17) is 9.47 Å². The van der Waals surface area contributed by atoms with E-state index in [0.29, 0.717) is 50.1 Å². The Labute approximate surface area is 235 Å².